The summed E-state index contributed by atoms with van der Waals surface area (Å²) in [5.41, 5.74) is 1.15. The molecule has 1 amide bonds. The number of hydrogen-bond acceptors (Lipinski definition) is 4. The highest BCUT2D eigenvalue weighted by molar-refractivity contribution is 6.29. The number of rotatable bonds is 5. The molecule has 3 rings (SSSR count). The van der Waals surface area contributed by atoms with Crippen LogP contribution < -0.4 is 10.2 Å². The summed E-state index contributed by atoms with van der Waals surface area (Å²) in [6.07, 6.45) is 1.85. The van der Waals surface area contributed by atoms with Crippen LogP contribution in [-0.4, -0.2) is 29.2 Å². The molecule has 1 fully saturated rings. The molecule has 2 heterocycles. The maximum Gasteiger partial charge on any atom is 0.225 e. The lowest BCUT2D eigenvalue weighted by Crippen LogP contribution is -2.45. The predicted octanol–water partition coefficient (Wildman–Crippen LogP) is 3.86. The molecular formula is C20H25ClN4O. The summed E-state index contributed by atoms with van der Waals surface area (Å²) in [5, 5.41) is 11.7. The fourth-order valence-corrected chi connectivity index (χ4v) is 3.54. The van der Waals surface area contributed by atoms with E-state index in [0.717, 1.165) is 30.8 Å². The first kappa shape index (κ1) is 18.6. The number of hydrogen-bond donors (Lipinski definition) is 1. The molecule has 26 heavy (non-hydrogen) atoms. The first-order chi connectivity index (χ1) is 12.5. The van der Waals surface area contributed by atoms with Crippen molar-refractivity contribution in [1.29, 1.82) is 0 Å². The number of aromatic nitrogens is 2. The quantitative estimate of drug-likeness (QED) is 0.865. The summed E-state index contributed by atoms with van der Waals surface area (Å²) in [5.74, 6) is 1.16. The van der Waals surface area contributed by atoms with Crippen LogP contribution >= 0.6 is 11.6 Å². The van der Waals surface area contributed by atoms with Crippen molar-refractivity contribution in [2.24, 2.45) is 11.8 Å². The molecule has 1 N–H and O–H groups in total. The van der Waals surface area contributed by atoms with E-state index in [1.54, 1.807) is 6.07 Å². The molecule has 5 nitrogen and oxygen atoms in total. The highest BCUT2D eigenvalue weighted by Gasteiger charge is 2.29. The SMILES string of the molecule is CC(C)[C@H](NC(=O)[C@H]1CCCN(c2ccc(Cl)nn2)C1)c1ccccc1. The Morgan fingerprint density at radius 2 is 1.96 bits per heavy atom. The van der Waals surface area contributed by atoms with Crippen LogP contribution in [0.1, 0.15) is 38.3 Å². The van der Waals surface area contributed by atoms with Crippen LogP contribution in [0, 0.1) is 11.8 Å². The second kappa shape index (κ2) is 8.49. The largest absolute Gasteiger partial charge is 0.354 e. The number of carbonyl (C=O) groups excluding carboxylic acids is 1. The molecular weight excluding hydrogens is 348 g/mol. The Hall–Kier alpha value is -2.14. The molecule has 2 atom stereocenters. The molecule has 0 spiro atoms. The normalized spacial score (nSPS) is 18.6. The zero-order valence-corrected chi connectivity index (χ0v) is 16.0. The van der Waals surface area contributed by atoms with E-state index in [-0.39, 0.29) is 17.9 Å². The topological polar surface area (TPSA) is 58.1 Å². The molecule has 138 valence electrons. The zero-order valence-electron chi connectivity index (χ0n) is 15.2. The number of nitrogens with one attached hydrogen (secondary N) is 1. The van der Waals surface area contributed by atoms with Gasteiger partial charge < -0.3 is 10.2 Å². The summed E-state index contributed by atoms with van der Waals surface area (Å²) < 4.78 is 0. The summed E-state index contributed by atoms with van der Waals surface area (Å²) in [6, 6.07) is 13.8. The average Bonchev–Trinajstić information content (AvgIpc) is 2.67. The number of carbonyl (C=O) groups is 1. The Bertz CT molecular complexity index is 720. The van der Waals surface area contributed by atoms with Gasteiger partial charge in [-0.15, -0.1) is 10.2 Å². The van der Waals surface area contributed by atoms with Gasteiger partial charge in [-0.05, 0) is 36.5 Å². The maximum absolute atomic E-state index is 12.9. The van der Waals surface area contributed by atoms with Crippen LogP contribution in [0.15, 0.2) is 42.5 Å². The van der Waals surface area contributed by atoms with E-state index in [9.17, 15) is 4.79 Å². The van der Waals surface area contributed by atoms with E-state index >= 15 is 0 Å². The third-order valence-corrected chi connectivity index (χ3v) is 5.06. The molecule has 0 saturated carbocycles. The van der Waals surface area contributed by atoms with Gasteiger partial charge in [0.25, 0.3) is 0 Å². The Morgan fingerprint density at radius 3 is 2.62 bits per heavy atom. The molecule has 0 radical (unpaired) electrons. The van der Waals surface area contributed by atoms with Crippen molar-refractivity contribution in [1.82, 2.24) is 15.5 Å². The van der Waals surface area contributed by atoms with Crippen molar-refractivity contribution in [3.63, 3.8) is 0 Å². The minimum atomic E-state index is -0.0498. The van der Waals surface area contributed by atoms with Crippen LogP contribution in [-0.2, 0) is 4.79 Å². The molecule has 2 aromatic rings. The number of halogens is 1. The predicted molar refractivity (Wildman–Crippen MR) is 104 cm³/mol. The van der Waals surface area contributed by atoms with Gasteiger partial charge in [0.2, 0.25) is 5.91 Å². The average molecular weight is 373 g/mol. The molecule has 1 saturated heterocycles. The minimum absolute atomic E-state index is 0.0226. The monoisotopic (exact) mass is 372 g/mol. The van der Waals surface area contributed by atoms with Crippen molar-refractivity contribution in [3.05, 3.63) is 53.2 Å². The molecule has 1 aromatic carbocycles. The Kier molecular flexibility index (Phi) is 6.09. The number of amides is 1. The number of benzene rings is 1. The third-order valence-electron chi connectivity index (χ3n) is 4.86. The third kappa shape index (κ3) is 4.52. The molecule has 0 unspecified atom stereocenters. The van der Waals surface area contributed by atoms with Gasteiger partial charge >= 0.3 is 0 Å². The second-order valence-corrected chi connectivity index (χ2v) is 7.53. The first-order valence-corrected chi connectivity index (χ1v) is 9.52. The fourth-order valence-electron chi connectivity index (χ4n) is 3.44. The fraction of sp³-hybridized carbons (Fsp3) is 0.450. The molecule has 1 aliphatic rings. The van der Waals surface area contributed by atoms with Gasteiger partial charge in [-0.3, -0.25) is 4.79 Å². The first-order valence-electron chi connectivity index (χ1n) is 9.14. The molecule has 0 bridgehead atoms. The molecule has 1 aromatic heterocycles. The van der Waals surface area contributed by atoms with Crippen LogP contribution in [0.2, 0.25) is 5.15 Å². The lowest BCUT2D eigenvalue weighted by atomic mass is 9.93. The van der Waals surface area contributed by atoms with Crippen LogP contribution in [0.4, 0.5) is 5.82 Å². The van der Waals surface area contributed by atoms with Gasteiger partial charge in [-0.1, -0.05) is 55.8 Å². The van der Waals surface area contributed by atoms with E-state index in [0.29, 0.717) is 17.6 Å². The molecule has 0 aliphatic carbocycles. The van der Waals surface area contributed by atoms with Crippen molar-refractivity contribution < 1.29 is 4.79 Å². The summed E-state index contributed by atoms with van der Waals surface area (Å²) in [7, 11) is 0. The van der Waals surface area contributed by atoms with E-state index in [1.165, 1.54) is 0 Å². The Balaban J connectivity index is 1.67. The smallest absolute Gasteiger partial charge is 0.225 e. The van der Waals surface area contributed by atoms with Crippen molar-refractivity contribution in [3.8, 4) is 0 Å². The number of nitrogens with zero attached hydrogens (tertiary/aromatic N) is 3. The molecule has 1 aliphatic heterocycles. The lowest BCUT2D eigenvalue weighted by Gasteiger charge is -2.34. The highest BCUT2D eigenvalue weighted by Crippen LogP contribution is 2.25. The minimum Gasteiger partial charge on any atom is -0.354 e. The summed E-state index contributed by atoms with van der Waals surface area (Å²) in [4.78, 5) is 15.0. The Morgan fingerprint density at radius 1 is 1.19 bits per heavy atom. The van der Waals surface area contributed by atoms with Gasteiger partial charge in [0.1, 0.15) is 0 Å². The van der Waals surface area contributed by atoms with Gasteiger partial charge in [0, 0.05) is 13.1 Å². The van der Waals surface area contributed by atoms with E-state index in [1.807, 2.05) is 24.3 Å². The maximum atomic E-state index is 12.9. The van der Waals surface area contributed by atoms with Gasteiger partial charge in [0.05, 0.1) is 12.0 Å². The van der Waals surface area contributed by atoms with Gasteiger partial charge in [0.15, 0.2) is 11.0 Å². The van der Waals surface area contributed by atoms with Gasteiger partial charge in [-0.2, -0.15) is 0 Å². The molecule has 6 heteroatoms. The summed E-state index contributed by atoms with van der Waals surface area (Å²) in [6.45, 7) is 5.80. The lowest BCUT2D eigenvalue weighted by molar-refractivity contribution is -0.126. The van der Waals surface area contributed by atoms with Crippen LogP contribution in [0.25, 0.3) is 0 Å². The van der Waals surface area contributed by atoms with Crippen LogP contribution in [0.5, 0.6) is 0 Å². The Labute approximate surface area is 159 Å². The van der Waals surface area contributed by atoms with E-state index in [4.69, 9.17) is 11.6 Å². The van der Waals surface area contributed by atoms with Crippen molar-refractivity contribution in [2.75, 3.05) is 18.0 Å². The second-order valence-electron chi connectivity index (χ2n) is 7.14. The van der Waals surface area contributed by atoms with Crippen LogP contribution in [0.3, 0.4) is 0 Å². The number of piperidine rings is 1. The van der Waals surface area contributed by atoms with E-state index in [2.05, 4.69) is 46.4 Å². The van der Waals surface area contributed by atoms with Gasteiger partial charge in [-0.25, -0.2) is 0 Å². The van der Waals surface area contributed by atoms with E-state index < -0.39 is 0 Å². The van der Waals surface area contributed by atoms with Crippen molar-refractivity contribution in [2.45, 2.75) is 32.7 Å². The zero-order chi connectivity index (χ0) is 18.5. The summed E-state index contributed by atoms with van der Waals surface area (Å²) >= 11 is 5.82. The number of anilines is 1. The highest BCUT2D eigenvalue weighted by atomic mass is 35.5. The van der Waals surface area contributed by atoms with Crippen molar-refractivity contribution >= 4 is 23.3 Å². The standard InChI is InChI=1S/C20H25ClN4O/c1-14(2)19(15-7-4-3-5-8-15)22-20(26)16-9-6-12-25(13-16)18-11-10-17(21)23-24-18/h3-5,7-8,10-11,14,16,19H,6,9,12-13H2,1-2H3,(H,22,26)/t16-,19-/m0/s1.